The minimum Gasteiger partial charge on any atom is -0.455 e. The lowest BCUT2D eigenvalue weighted by Gasteiger charge is -2.12. The van der Waals surface area contributed by atoms with Gasteiger partial charge in [0.05, 0.1) is 22.4 Å². The topological polar surface area (TPSA) is 31.0 Å². The molecule has 3 nitrogen and oxygen atoms in total. The molecule has 0 amide bonds. The molecule has 0 aliphatic carbocycles. The SMILES string of the molecule is c1ccc(-c2cc(-c3ccc(-n4c5ccc6ccccc6c5c5c6ccccc6ccc54)cc3)cc(-c3cccc4c3oc3ccccc34)n2)cc1. The van der Waals surface area contributed by atoms with E-state index in [0.29, 0.717) is 0 Å². The molecule has 0 aliphatic heterocycles. The predicted octanol–water partition coefficient (Wildman–Crippen LogP) is 13.4. The van der Waals surface area contributed by atoms with E-state index in [1.54, 1.807) is 0 Å². The molecule has 3 heterocycles. The van der Waals surface area contributed by atoms with Crippen LogP contribution >= 0.6 is 0 Å². The predicted molar refractivity (Wildman–Crippen MR) is 217 cm³/mol. The lowest BCUT2D eigenvalue weighted by Crippen LogP contribution is -1.95. The van der Waals surface area contributed by atoms with Gasteiger partial charge >= 0.3 is 0 Å². The minimum atomic E-state index is 0.856. The van der Waals surface area contributed by atoms with Crippen LogP contribution in [0.15, 0.2) is 186 Å². The first-order valence-corrected chi connectivity index (χ1v) is 17.7. The highest BCUT2D eigenvalue weighted by Gasteiger charge is 2.18. The van der Waals surface area contributed by atoms with Gasteiger partial charge in [-0.2, -0.15) is 0 Å². The largest absolute Gasteiger partial charge is 0.455 e. The van der Waals surface area contributed by atoms with Crippen molar-refractivity contribution in [2.45, 2.75) is 0 Å². The Morgan fingerprint density at radius 2 is 1.00 bits per heavy atom. The molecular formula is C49H30N2O. The van der Waals surface area contributed by atoms with Crippen LogP contribution in [0.2, 0.25) is 0 Å². The molecule has 0 radical (unpaired) electrons. The summed E-state index contributed by atoms with van der Waals surface area (Å²) in [6.45, 7) is 0. The van der Waals surface area contributed by atoms with Crippen LogP contribution in [0.5, 0.6) is 0 Å². The van der Waals surface area contributed by atoms with Crippen LogP contribution in [0.25, 0.3) is 105 Å². The van der Waals surface area contributed by atoms with E-state index >= 15 is 0 Å². The lowest BCUT2D eigenvalue weighted by atomic mass is 9.99. The van der Waals surface area contributed by atoms with Gasteiger partial charge in [0, 0.05) is 38.4 Å². The standard InChI is InChI=1S/C49H30N2O/c1-2-13-34(14-3-1)42-29-35(30-43(50-42)41-19-10-18-40-39-17-8-9-20-46(39)52-49(40)41)31-21-25-36(26-22-31)51-44-27-23-32-11-4-6-15-37(32)47(44)48-38-16-7-5-12-33(38)24-28-45(48)51/h1-30H. The Morgan fingerprint density at radius 1 is 0.404 bits per heavy atom. The van der Waals surface area contributed by atoms with Gasteiger partial charge in [0.2, 0.25) is 0 Å². The minimum absolute atomic E-state index is 0.856. The fraction of sp³-hybridized carbons (Fsp3) is 0. The van der Waals surface area contributed by atoms with E-state index in [0.717, 1.165) is 61.3 Å². The summed E-state index contributed by atoms with van der Waals surface area (Å²) in [5, 5.41) is 9.83. The summed E-state index contributed by atoms with van der Waals surface area (Å²) < 4.78 is 8.89. The molecule has 242 valence electrons. The third kappa shape index (κ3) is 4.36. The molecule has 0 atom stereocenters. The van der Waals surface area contributed by atoms with E-state index in [9.17, 15) is 0 Å². The van der Waals surface area contributed by atoms with Crippen molar-refractivity contribution in [2.75, 3.05) is 0 Å². The van der Waals surface area contributed by atoms with Gasteiger partial charge in [-0.1, -0.05) is 133 Å². The van der Waals surface area contributed by atoms with Gasteiger partial charge in [-0.05, 0) is 81.2 Å². The number of aromatic nitrogens is 2. The van der Waals surface area contributed by atoms with E-state index in [1.807, 2.05) is 18.2 Å². The van der Waals surface area contributed by atoms with Gasteiger partial charge in [-0.25, -0.2) is 4.98 Å². The summed E-state index contributed by atoms with van der Waals surface area (Å²) in [6, 6.07) is 64.9. The Labute approximate surface area is 299 Å². The van der Waals surface area contributed by atoms with Crippen molar-refractivity contribution in [1.29, 1.82) is 0 Å². The summed E-state index contributed by atoms with van der Waals surface area (Å²) in [5.74, 6) is 0. The molecule has 0 fully saturated rings. The van der Waals surface area contributed by atoms with Gasteiger partial charge in [0.1, 0.15) is 11.2 Å². The summed E-state index contributed by atoms with van der Waals surface area (Å²) >= 11 is 0. The van der Waals surface area contributed by atoms with Gasteiger partial charge in [0.25, 0.3) is 0 Å². The summed E-state index contributed by atoms with van der Waals surface area (Å²) in [4.78, 5) is 5.23. The van der Waals surface area contributed by atoms with Crippen LogP contribution in [0, 0.1) is 0 Å². The smallest absolute Gasteiger partial charge is 0.144 e. The molecule has 0 aliphatic rings. The molecule has 11 rings (SSSR count). The maximum atomic E-state index is 6.47. The second kappa shape index (κ2) is 11.3. The zero-order chi connectivity index (χ0) is 34.2. The second-order valence-corrected chi connectivity index (χ2v) is 13.5. The van der Waals surface area contributed by atoms with Crippen molar-refractivity contribution in [1.82, 2.24) is 9.55 Å². The molecule has 3 heteroatoms. The molecule has 8 aromatic carbocycles. The molecule has 0 spiro atoms. The Kier molecular flexibility index (Phi) is 6.25. The number of hydrogen-bond acceptors (Lipinski definition) is 2. The van der Waals surface area contributed by atoms with E-state index in [-0.39, 0.29) is 0 Å². The maximum Gasteiger partial charge on any atom is 0.144 e. The fourth-order valence-corrected chi connectivity index (χ4v) is 8.17. The van der Waals surface area contributed by atoms with Crippen LogP contribution in [-0.4, -0.2) is 9.55 Å². The monoisotopic (exact) mass is 662 g/mol. The number of para-hydroxylation sites is 2. The molecule has 0 N–H and O–H groups in total. The van der Waals surface area contributed by atoms with E-state index in [4.69, 9.17) is 9.40 Å². The summed E-state index contributed by atoms with van der Waals surface area (Å²) in [6.07, 6.45) is 0. The third-order valence-electron chi connectivity index (χ3n) is 10.6. The van der Waals surface area contributed by atoms with Gasteiger partial charge in [-0.15, -0.1) is 0 Å². The highest BCUT2D eigenvalue weighted by Crippen LogP contribution is 2.41. The summed E-state index contributed by atoms with van der Waals surface area (Å²) in [7, 11) is 0. The van der Waals surface area contributed by atoms with Gasteiger partial charge in [0.15, 0.2) is 0 Å². The molecule has 0 unspecified atom stereocenters. The average Bonchev–Trinajstić information content (AvgIpc) is 3.78. The van der Waals surface area contributed by atoms with E-state index < -0.39 is 0 Å². The zero-order valence-corrected chi connectivity index (χ0v) is 28.1. The lowest BCUT2D eigenvalue weighted by molar-refractivity contribution is 0.670. The highest BCUT2D eigenvalue weighted by molar-refractivity contribution is 6.28. The molecule has 3 aromatic heterocycles. The molecule has 0 saturated heterocycles. The number of fused-ring (bicyclic) bond motifs is 10. The molecular weight excluding hydrogens is 633 g/mol. The van der Waals surface area contributed by atoms with Crippen molar-refractivity contribution < 1.29 is 4.42 Å². The Hall–Kier alpha value is -6.97. The van der Waals surface area contributed by atoms with E-state index in [2.05, 4.69) is 168 Å². The van der Waals surface area contributed by atoms with Crippen LogP contribution < -0.4 is 0 Å². The van der Waals surface area contributed by atoms with E-state index in [1.165, 1.54) is 43.4 Å². The molecule has 0 bridgehead atoms. The summed E-state index contributed by atoms with van der Waals surface area (Å²) in [5.41, 5.74) is 11.3. The Morgan fingerprint density at radius 3 is 1.71 bits per heavy atom. The van der Waals surface area contributed by atoms with Crippen molar-refractivity contribution in [3.05, 3.63) is 182 Å². The quantitative estimate of drug-likeness (QED) is 0.188. The highest BCUT2D eigenvalue weighted by atomic mass is 16.3. The zero-order valence-electron chi connectivity index (χ0n) is 28.1. The van der Waals surface area contributed by atoms with Crippen molar-refractivity contribution in [3.63, 3.8) is 0 Å². The normalized spacial score (nSPS) is 11.8. The van der Waals surface area contributed by atoms with Crippen LogP contribution in [0.1, 0.15) is 0 Å². The number of benzene rings is 8. The third-order valence-corrected chi connectivity index (χ3v) is 10.6. The van der Waals surface area contributed by atoms with Crippen molar-refractivity contribution in [3.8, 4) is 39.3 Å². The number of hydrogen-bond donors (Lipinski definition) is 0. The van der Waals surface area contributed by atoms with Gasteiger partial charge < -0.3 is 8.98 Å². The van der Waals surface area contributed by atoms with Crippen molar-refractivity contribution >= 4 is 65.3 Å². The molecule has 11 aromatic rings. The molecule has 52 heavy (non-hydrogen) atoms. The first-order chi connectivity index (χ1) is 25.8. The Balaban J connectivity index is 1.11. The van der Waals surface area contributed by atoms with Crippen molar-refractivity contribution in [2.24, 2.45) is 0 Å². The fourth-order valence-electron chi connectivity index (χ4n) is 8.17. The van der Waals surface area contributed by atoms with Crippen LogP contribution in [0.4, 0.5) is 0 Å². The van der Waals surface area contributed by atoms with Gasteiger partial charge in [-0.3, -0.25) is 0 Å². The second-order valence-electron chi connectivity index (χ2n) is 13.5. The van der Waals surface area contributed by atoms with Crippen LogP contribution in [0.3, 0.4) is 0 Å². The average molecular weight is 663 g/mol. The first kappa shape index (κ1) is 28.8. The maximum absolute atomic E-state index is 6.47. The number of nitrogens with zero attached hydrogens (tertiary/aromatic N) is 2. The Bertz CT molecular complexity index is 3080. The van der Waals surface area contributed by atoms with Crippen LogP contribution in [-0.2, 0) is 0 Å². The number of pyridine rings is 1. The number of furan rings is 1. The number of rotatable bonds is 4. The molecule has 0 saturated carbocycles. The first-order valence-electron chi connectivity index (χ1n) is 17.7.